The van der Waals surface area contributed by atoms with Crippen molar-refractivity contribution in [1.82, 2.24) is 9.55 Å². The lowest BCUT2D eigenvalue weighted by Gasteiger charge is -2.12. The number of benzene rings is 3. The van der Waals surface area contributed by atoms with E-state index in [1.165, 1.54) is 22.1 Å². The molecule has 0 aliphatic carbocycles. The average Bonchev–Trinajstić information content (AvgIpc) is 3.07. The fraction of sp³-hybridized carbons (Fsp3) is 0.174. The molecule has 0 atom stereocenters. The fourth-order valence-electron chi connectivity index (χ4n) is 3.41. The number of hydrogen-bond acceptors (Lipinski definition) is 3. The Morgan fingerprint density at radius 1 is 0.963 bits per heavy atom. The van der Waals surface area contributed by atoms with Crippen LogP contribution < -0.4 is 10.1 Å². The topological polar surface area (TPSA) is 39.1 Å². The Labute approximate surface area is 159 Å². The van der Waals surface area contributed by atoms with E-state index in [0.29, 0.717) is 6.54 Å². The van der Waals surface area contributed by atoms with E-state index in [2.05, 4.69) is 70.3 Å². The largest absolute Gasteiger partial charge is 0.496 e. The molecule has 0 spiro atoms. The molecule has 0 aliphatic heterocycles. The summed E-state index contributed by atoms with van der Waals surface area (Å²) in [7, 11) is 3.75. The van der Waals surface area contributed by atoms with Gasteiger partial charge in [-0.05, 0) is 29.5 Å². The number of fused-ring (bicyclic) bond motifs is 1. The molecule has 3 aromatic carbocycles. The van der Waals surface area contributed by atoms with Crippen LogP contribution in [0.1, 0.15) is 11.1 Å². The molecule has 0 aliphatic rings. The second-order valence-corrected chi connectivity index (χ2v) is 6.72. The highest BCUT2D eigenvalue weighted by Crippen LogP contribution is 2.29. The molecule has 0 saturated heterocycles. The zero-order chi connectivity index (χ0) is 18.8. The molecule has 4 nitrogen and oxygen atoms in total. The van der Waals surface area contributed by atoms with Crippen LogP contribution in [0, 0.1) is 6.92 Å². The molecule has 27 heavy (non-hydrogen) atoms. The SMILES string of the molecule is COc1ccc(CNc2ncc(-c3ccc(C)cc3)n2C)c2ccccc12. The molecule has 1 heterocycles. The van der Waals surface area contributed by atoms with Gasteiger partial charge in [0.15, 0.2) is 0 Å². The van der Waals surface area contributed by atoms with Crippen molar-refractivity contribution in [2.75, 3.05) is 12.4 Å². The minimum atomic E-state index is 0.697. The van der Waals surface area contributed by atoms with E-state index in [1.807, 2.05) is 25.4 Å². The number of imidazole rings is 1. The van der Waals surface area contributed by atoms with Crippen molar-refractivity contribution in [3.63, 3.8) is 0 Å². The zero-order valence-corrected chi connectivity index (χ0v) is 15.9. The van der Waals surface area contributed by atoms with Crippen molar-refractivity contribution in [1.29, 1.82) is 0 Å². The number of anilines is 1. The Kier molecular flexibility index (Phi) is 4.55. The van der Waals surface area contributed by atoms with Gasteiger partial charge in [0.1, 0.15) is 5.75 Å². The number of aromatic nitrogens is 2. The first-order valence-electron chi connectivity index (χ1n) is 9.04. The molecular formula is C23H23N3O. The Bertz CT molecular complexity index is 1080. The predicted octanol–water partition coefficient (Wildman–Crippen LogP) is 5.17. The monoisotopic (exact) mass is 357 g/mol. The second kappa shape index (κ2) is 7.16. The molecule has 0 bridgehead atoms. The molecule has 4 heteroatoms. The summed E-state index contributed by atoms with van der Waals surface area (Å²) < 4.78 is 7.58. The van der Waals surface area contributed by atoms with Gasteiger partial charge < -0.3 is 14.6 Å². The van der Waals surface area contributed by atoms with Crippen LogP contribution in [-0.2, 0) is 13.6 Å². The van der Waals surface area contributed by atoms with Crippen LogP contribution in [0.25, 0.3) is 22.0 Å². The molecule has 0 unspecified atom stereocenters. The smallest absolute Gasteiger partial charge is 0.203 e. The maximum absolute atomic E-state index is 5.49. The molecule has 136 valence electrons. The third kappa shape index (κ3) is 3.26. The standard InChI is InChI=1S/C23H23N3O/c1-16-8-10-17(11-9-16)21-15-25-23(26(21)2)24-14-18-12-13-22(27-3)20-7-5-4-6-19(18)20/h4-13,15H,14H2,1-3H3,(H,24,25). The van der Waals surface area contributed by atoms with Crippen LogP contribution >= 0.6 is 0 Å². The van der Waals surface area contributed by atoms with Crippen LogP contribution in [0.15, 0.2) is 66.9 Å². The lowest BCUT2D eigenvalue weighted by atomic mass is 10.0. The molecule has 0 radical (unpaired) electrons. The van der Waals surface area contributed by atoms with E-state index in [4.69, 9.17) is 4.74 Å². The zero-order valence-electron chi connectivity index (χ0n) is 15.9. The predicted molar refractivity (Wildman–Crippen MR) is 111 cm³/mol. The average molecular weight is 357 g/mol. The first kappa shape index (κ1) is 17.2. The molecule has 4 rings (SSSR count). The molecule has 1 aromatic heterocycles. The van der Waals surface area contributed by atoms with Crippen molar-refractivity contribution in [3.8, 4) is 17.0 Å². The lowest BCUT2D eigenvalue weighted by molar-refractivity contribution is 0.419. The van der Waals surface area contributed by atoms with Crippen LogP contribution in [0.3, 0.4) is 0 Å². The molecule has 4 aromatic rings. The summed E-state index contributed by atoms with van der Waals surface area (Å²) in [5, 5.41) is 5.79. The summed E-state index contributed by atoms with van der Waals surface area (Å²) >= 11 is 0. The van der Waals surface area contributed by atoms with Gasteiger partial charge in [-0.1, -0.05) is 60.2 Å². The van der Waals surface area contributed by atoms with Crippen molar-refractivity contribution in [2.24, 2.45) is 7.05 Å². The van der Waals surface area contributed by atoms with Gasteiger partial charge in [-0.15, -0.1) is 0 Å². The maximum Gasteiger partial charge on any atom is 0.203 e. The quantitative estimate of drug-likeness (QED) is 0.535. The minimum Gasteiger partial charge on any atom is -0.496 e. The van der Waals surface area contributed by atoms with Gasteiger partial charge in [-0.3, -0.25) is 0 Å². The highest BCUT2D eigenvalue weighted by atomic mass is 16.5. The number of methoxy groups -OCH3 is 1. The normalized spacial score (nSPS) is 10.9. The summed E-state index contributed by atoms with van der Waals surface area (Å²) in [6.45, 7) is 2.79. The molecule has 1 N–H and O–H groups in total. The van der Waals surface area contributed by atoms with Crippen molar-refractivity contribution in [3.05, 3.63) is 78.0 Å². The van der Waals surface area contributed by atoms with Crippen molar-refractivity contribution in [2.45, 2.75) is 13.5 Å². The van der Waals surface area contributed by atoms with E-state index < -0.39 is 0 Å². The van der Waals surface area contributed by atoms with Gasteiger partial charge >= 0.3 is 0 Å². The first-order chi connectivity index (χ1) is 13.2. The Morgan fingerprint density at radius 2 is 1.70 bits per heavy atom. The Hall–Kier alpha value is -3.27. The highest BCUT2D eigenvalue weighted by molar-refractivity contribution is 5.91. The van der Waals surface area contributed by atoms with Crippen LogP contribution in [0.4, 0.5) is 5.95 Å². The lowest BCUT2D eigenvalue weighted by Crippen LogP contribution is -2.06. The number of hydrogen-bond donors (Lipinski definition) is 1. The second-order valence-electron chi connectivity index (χ2n) is 6.72. The van der Waals surface area contributed by atoms with Gasteiger partial charge in [0, 0.05) is 19.0 Å². The summed E-state index contributed by atoms with van der Waals surface area (Å²) in [5.41, 5.74) is 4.73. The number of rotatable bonds is 5. The van der Waals surface area contributed by atoms with Gasteiger partial charge in [-0.25, -0.2) is 4.98 Å². The third-order valence-corrected chi connectivity index (χ3v) is 4.97. The number of ether oxygens (including phenoxy) is 1. The van der Waals surface area contributed by atoms with Gasteiger partial charge in [0.25, 0.3) is 0 Å². The molecule has 0 amide bonds. The van der Waals surface area contributed by atoms with Crippen LogP contribution in [-0.4, -0.2) is 16.7 Å². The van der Waals surface area contributed by atoms with Crippen molar-refractivity contribution < 1.29 is 4.74 Å². The fourth-order valence-corrected chi connectivity index (χ4v) is 3.41. The van der Waals surface area contributed by atoms with Crippen LogP contribution in [0.5, 0.6) is 5.75 Å². The van der Waals surface area contributed by atoms with E-state index in [9.17, 15) is 0 Å². The van der Waals surface area contributed by atoms with E-state index in [0.717, 1.165) is 22.8 Å². The maximum atomic E-state index is 5.49. The van der Waals surface area contributed by atoms with E-state index >= 15 is 0 Å². The summed E-state index contributed by atoms with van der Waals surface area (Å²) in [6.07, 6.45) is 1.92. The van der Waals surface area contributed by atoms with E-state index in [1.54, 1.807) is 7.11 Å². The summed E-state index contributed by atoms with van der Waals surface area (Å²) in [5.74, 6) is 1.75. The summed E-state index contributed by atoms with van der Waals surface area (Å²) in [4.78, 5) is 4.57. The van der Waals surface area contributed by atoms with Crippen molar-refractivity contribution >= 4 is 16.7 Å². The Morgan fingerprint density at radius 3 is 2.44 bits per heavy atom. The van der Waals surface area contributed by atoms with Gasteiger partial charge in [0.05, 0.1) is 19.0 Å². The number of aryl methyl sites for hydroxylation is 1. The van der Waals surface area contributed by atoms with Crippen LogP contribution in [0.2, 0.25) is 0 Å². The molecular weight excluding hydrogens is 334 g/mol. The first-order valence-corrected chi connectivity index (χ1v) is 9.04. The highest BCUT2D eigenvalue weighted by Gasteiger charge is 2.10. The van der Waals surface area contributed by atoms with E-state index in [-0.39, 0.29) is 0 Å². The number of nitrogens with zero attached hydrogens (tertiary/aromatic N) is 2. The minimum absolute atomic E-state index is 0.697. The molecule has 0 saturated carbocycles. The Balaban J connectivity index is 1.60. The van der Waals surface area contributed by atoms with Gasteiger partial charge in [-0.2, -0.15) is 0 Å². The molecule has 0 fully saturated rings. The third-order valence-electron chi connectivity index (χ3n) is 4.97. The summed E-state index contributed by atoms with van der Waals surface area (Å²) in [6, 6.07) is 21.0. The van der Waals surface area contributed by atoms with Gasteiger partial charge in [0.2, 0.25) is 5.95 Å². The number of nitrogens with one attached hydrogen (secondary N) is 1.